The molecule has 0 unspecified atom stereocenters. The van der Waals surface area contributed by atoms with E-state index < -0.39 is 10.0 Å². The van der Waals surface area contributed by atoms with Crippen molar-refractivity contribution in [2.24, 2.45) is 0 Å². The molecule has 0 atom stereocenters. The first-order valence-electron chi connectivity index (χ1n) is 5.15. The van der Waals surface area contributed by atoms with Crippen molar-refractivity contribution in [3.63, 3.8) is 0 Å². The van der Waals surface area contributed by atoms with Gasteiger partial charge in [0.25, 0.3) is 0 Å². The van der Waals surface area contributed by atoms with Gasteiger partial charge >= 0.3 is 0 Å². The maximum Gasteiger partial charge on any atom is 0.243 e. The first-order chi connectivity index (χ1) is 7.64. The van der Waals surface area contributed by atoms with E-state index in [1.807, 2.05) is 6.07 Å². The molecule has 0 N–H and O–H groups in total. The lowest BCUT2D eigenvalue weighted by Crippen LogP contribution is -2.27. The molecule has 0 saturated carbocycles. The van der Waals surface area contributed by atoms with Crippen LogP contribution in [0.4, 0.5) is 0 Å². The van der Waals surface area contributed by atoms with Gasteiger partial charge in [-0.1, -0.05) is 0 Å². The predicted molar refractivity (Wildman–Crippen MR) is 59.1 cm³/mol. The van der Waals surface area contributed by atoms with Crippen LogP contribution >= 0.6 is 0 Å². The van der Waals surface area contributed by atoms with Gasteiger partial charge < -0.3 is 0 Å². The van der Waals surface area contributed by atoms with Crippen molar-refractivity contribution in [2.75, 3.05) is 13.1 Å². The molecule has 0 radical (unpaired) electrons. The smallest absolute Gasteiger partial charge is 0.207 e. The molecule has 84 valence electrons. The lowest BCUT2D eigenvalue weighted by Gasteiger charge is -2.15. The van der Waals surface area contributed by atoms with Crippen LogP contribution in [0.5, 0.6) is 0 Å². The highest BCUT2D eigenvalue weighted by atomic mass is 32.2. The Bertz CT molecular complexity index is 508. The highest BCUT2D eigenvalue weighted by Crippen LogP contribution is 2.20. The van der Waals surface area contributed by atoms with E-state index in [0.717, 1.165) is 12.8 Å². The number of nitrogens with zero attached hydrogens (tertiary/aromatic N) is 2. The SMILES string of the molecule is N#Cc1ccc(S(=O)(=O)N2CCCC2)cc1. The van der Waals surface area contributed by atoms with Crippen molar-refractivity contribution in [2.45, 2.75) is 17.7 Å². The molecule has 0 bridgehead atoms. The molecule has 4 nitrogen and oxygen atoms in total. The second-order valence-corrected chi connectivity index (χ2v) is 5.69. The molecule has 0 aliphatic carbocycles. The zero-order valence-corrected chi connectivity index (χ0v) is 9.57. The van der Waals surface area contributed by atoms with Gasteiger partial charge in [0.1, 0.15) is 0 Å². The number of rotatable bonds is 2. The number of sulfonamides is 1. The van der Waals surface area contributed by atoms with Crippen LogP contribution in [0.15, 0.2) is 29.2 Å². The molecule has 1 aliphatic heterocycles. The van der Waals surface area contributed by atoms with Crippen LogP contribution in [-0.4, -0.2) is 25.8 Å². The first kappa shape index (κ1) is 11.1. The van der Waals surface area contributed by atoms with Gasteiger partial charge in [-0.15, -0.1) is 0 Å². The number of nitriles is 1. The van der Waals surface area contributed by atoms with E-state index in [9.17, 15) is 8.42 Å². The molecule has 1 saturated heterocycles. The summed E-state index contributed by atoms with van der Waals surface area (Å²) in [4.78, 5) is 0.272. The fourth-order valence-electron chi connectivity index (χ4n) is 1.78. The maximum absolute atomic E-state index is 12.1. The fourth-order valence-corrected chi connectivity index (χ4v) is 3.30. The van der Waals surface area contributed by atoms with Crippen LogP contribution in [0.25, 0.3) is 0 Å². The molecule has 5 heteroatoms. The Morgan fingerprint density at radius 3 is 2.19 bits per heavy atom. The molecule has 2 rings (SSSR count). The molecule has 16 heavy (non-hydrogen) atoms. The van der Waals surface area contributed by atoms with E-state index in [1.165, 1.54) is 28.6 Å². The van der Waals surface area contributed by atoms with Gasteiger partial charge in [0, 0.05) is 13.1 Å². The predicted octanol–water partition coefficient (Wildman–Crippen LogP) is 1.34. The fraction of sp³-hybridized carbons (Fsp3) is 0.364. The third-order valence-corrected chi connectivity index (χ3v) is 4.60. The molecule has 0 amide bonds. The van der Waals surface area contributed by atoms with Gasteiger partial charge in [0.15, 0.2) is 0 Å². The van der Waals surface area contributed by atoms with Crippen LogP contribution in [0.2, 0.25) is 0 Å². The van der Waals surface area contributed by atoms with Crippen molar-refractivity contribution in [1.82, 2.24) is 4.31 Å². The summed E-state index contributed by atoms with van der Waals surface area (Å²) < 4.78 is 25.6. The standard InChI is InChI=1S/C11H12N2O2S/c12-9-10-3-5-11(6-4-10)16(14,15)13-7-1-2-8-13/h3-6H,1-2,7-8H2. The number of benzene rings is 1. The highest BCUT2D eigenvalue weighted by Gasteiger charge is 2.26. The highest BCUT2D eigenvalue weighted by molar-refractivity contribution is 7.89. The number of hydrogen-bond donors (Lipinski definition) is 0. The maximum atomic E-state index is 12.1. The molecule has 1 heterocycles. The van der Waals surface area contributed by atoms with E-state index in [-0.39, 0.29) is 4.90 Å². The summed E-state index contributed by atoms with van der Waals surface area (Å²) in [6.07, 6.45) is 1.85. The molecule has 1 aromatic carbocycles. The average Bonchev–Trinajstić information content (AvgIpc) is 2.83. The van der Waals surface area contributed by atoms with Crippen LogP contribution in [-0.2, 0) is 10.0 Å². The zero-order chi connectivity index (χ0) is 11.6. The van der Waals surface area contributed by atoms with Gasteiger partial charge in [0.05, 0.1) is 16.5 Å². The molecular weight excluding hydrogens is 224 g/mol. The first-order valence-corrected chi connectivity index (χ1v) is 6.59. The van der Waals surface area contributed by atoms with Crippen LogP contribution in [0.1, 0.15) is 18.4 Å². The second kappa shape index (κ2) is 4.24. The van der Waals surface area contributed by atoms with E-state index in [2.05, 4.69) is 0 Å². The largest absolute Gasteiger partial charge is 0.243 e. The Morgan fingerprint density at radius 1 is 1.12 bits per heavy atom. The molecule has 1 aromatic rings. The molecule has 1 aliphatic rings. The topological polar surface area (TPSA) is 61.2 Å². The minimum Gasteiger partial charge on any atom is -0.207 e. The van der Waals surface area contributed by atoms with Crippen LogP contribution in [0.3, 0.4) is 0 Å². The summed E-state index contributed by atoms with van der Waals surface area (Å²) in [7, 11) is -3.34. The minimum absolute atomic E-state index is 0.272. The molecule has 1 fully saturated rings. The van der Waals surface area contributed by atoms with E-state index in [1.54, 1.807) is 0 Å². The van der Waals surface area contributed by atoms with E-state index in [0.29, 0.717) is 18.7 Å². The van der Waals surface area contributed by atoms with Gasteiger partial charge in [-0.2, -0.15) is 9.57 Å². The van der Waals surface area contributed by atoms with Gasteiger partial charge in [-0.3, -0.25) is 0 Å². The monoisotopic (exact) mass is 236 g/mol. The number of hydrogen-bond acceptors (Lipinski definition) is 3. The Kier molecular flexibility index (Phi) is 2.95. The second-order valence-electron chi connectivity index (χ2n) is 3.75. The zero-order valence-electron chi connectivity index (χ0n) is 8.76. The summed E-state index contributed by atoms with van der Waals surface area (Å²) in [5.74, 6) is 0. The quantitative estimate of drug-likeness (QED) is 0.778. The summed E-state index contributed by atoms with van der Waals surface area (Å²) in [6, 6.07) is 8.01. The Balaban J connectivity index is 2.32. The van der Waals surface area contributed by atoms with Crippen molar-refractivity contribution >= 4 is 10.0 Å². The van der Waals surface area contributed by atoms with Crippen LogP contribution < -0.4 is 0 Å². The van der Waals surface area contributed by atoms with Crippen LogP contribution in [0, 0.1) is 11.3 Å². The lowest BCUT2D eigenvalue weighted by molar-refractivity contribution is 0.477. The molecule has 0 aromatic heterocycles. The summed E-state index contributed by atoms with van der Waals surface area (Å²) in [5.41, 5.74) is 0.473. The normalized spacial score (nSPS) is 17.2. The summed E-state index contributed by atoms with van der Waals surface area (Å²) in [6.45, 7) is 1.20. The van der Waals surface area contributed by atoms with Gasteiger partial charge in [0.2, 0.25) is 10.0 Å². The van der Waals surface area contributed by atoms with Crippen molar-refractivity contribution in [1.29, 1.82) is 5.26 Å². The Labute approximate surface area is 95.2 Å². The molecule has 0 spiro atoms. The average molecular weight is 236 g/mol. The van der Waals surface area contributed by atoms with Crippen molar-refractivity contribution < 1.29 is 8.42 Å². The van der Waals surface area contributed by atoms with Crippen molar-refractivity contribution in [3.05, 3.63) is 29.8 Å². The van der Waals surface area contributed by atoms with Crippen molar-refractivity contribution in [3.8, 4) is 6.07 Å². The molecular formula is C11H12N2O2S. The van der Waals surface area contributed by atoms with E-state index >= 15 is 0 Å². The summed E-state index contributed by atoms with van der Waals surface area (Å²) >= 11 is 0. The third kappa shape index (κ3) is 1.94. The van der Waals surface area contributed by atoms with Gasteiger partial charge in [-0.25, -0.2) is 8.42 Å². The third-order valence-electron chi connectivity index (χ3n) is 2.69. The Morgan fingerprint density at radius 2 is 1.69 bits per heavy atom. The lowest BCUT2D eigenvalue weighted by atomic mass is 10.2. The van der Waals surface area contributed by atoms with E-state index in [4.69, 9.17) is 5.26 Å². The Hall–Kier alpha value is -1.38. The minimum atomic E-state index is -3.34. The summed E-state index contributed by atoms with van der Waals surface area (Å²) in [5, 5.41) is 8.63. The van der Waals surface area contributed by atoms with Gasteiger partial charge in [-0.05, 0) is 37.1 Å².